The highest BCUT2D eigenvalue weighted by atomic mass is 35.5. The van der Waals surface area contributed by atoms with Gasteiger partial charge in [-0.2, -0.15) is 0 Å². The molecule has 1 fully saturated rings. The first-order valence-corrected chi connectivity index (χ1v) is 13.8. The Morgan fingerprint density at radius 3 is 2.05 bits per heavy atom. The molecule has 0 spiro atoms. The van der Waals surface area contributed by atoms with Crippen molar-refractivity contribution >= 4 is 47.4 Å². The molecule has 1 saturated heterocycles. The second-order valence-corrected chi connectivity index (χ2v) is 10.9. The number of hydrogen-bond acceptors (Lipinski definition) is 14. The van der Waals surface area contributed by atoms with Gasteiger partial charge in [-0.1, -0.05) is 5.21 Å². The molecule has 0 radical (unpaired) electrons. The number of hydrogen-bond donors (Lipinski definition) is 0. The standard InChI is InChI=1S/C26H37ClN4O12/c1-14(32)38-13-19-22(39-15(2)33)23(40-16(3)34)24(41-17(4)35)25(42-19)31-11-18(28-29-31)10-30(20(36)8-9-27)12-21(37)43-26(5,6)7/h11,19,22-25H,8-10,12-13H2,1-7H3/t19-,22-,23+,24-,25-/m1/s1. The van der Waals surface area contributed by atoms with E-state index in [2.05, 4.69) is 10.3 Å². The zero-order valence-corrected chi connectivity index (χ0v) is 25.8. The maximum Gasteiger partial charge on any atom is 0.326 e. The Balaban J connectivity index is 2.47. The number of carbonyl (C=O) groups excluding carboxylic acids is 6. The van der Waals surface area contributed by atoms with Crippen molar-refractivity contribution in [3.63, 3.8) is 0 Å². The Bertz CT molecular complexity index is 1180. The largest absolute Gasteiger partial charge is 0.463 e. The van der Waals surface area contributed by atoms with Gasteiger partial charge in [-0.15, -0.1) is 16.7 Å². The molecule has 43 heavy (non-hydrogen) atoms. The zero-order chi connectivity index (χ0) is 32.5. The highest BCUT2D eigenvalue weighted by molar-refractivity contribution is 6.18. The van der Waals surface area contributed by atoms with Crippen molar-refractivity contribution in [3.8, 4) is 0 Å². The van der Waals surface area contributed by atoms with Crippen LogP contribution in [-0.2, 0) is 63.7 Å². The van der Waals surface area contributed by atoms with Crippen LogP contribution in [0.1, 0.15) is 66.8 Å². The third-order valence-electron chi connectivity index (χ3n) is 5.54. The number of esters is 5. The molecule has 0 bridgehead atoms. The van der Waals surface area contributed by atoms with Crippen molar-refractivity contribution in [1.29, 1.82) is 0 Å². The van der Waals surface area contributed by atoms with Crippen LogP contribution in [0.15, 0.2) is 6.20 Å². The number of halogens is 1. The molecule has 1 aliphatic heterocycles. The van der Waals surface area contributed by atoms with Crippen molar-refractivity contribution in [3.05, 3.63) is 11.9 Å². The predicted molar refractivity (Wildman–Crippen MR) is 144 cm³/mol. The second kappa shape index (κ2) is 15.6. The fourth-order valence-corrected chi connectivity index (χ4v) is 4.29. The lowest BCUT2D eigenvalue weighted by Gasteiger charge is -2.44. The third kappa shape index (κ3) is 11.4. The molecule has 1 aliphatic rings. The monoisotopic (exact) mass is 632 g/mol. The molecule has 1 aromatic rings. The van der Waals surface area contributed by atoms with E-state index in [9.17, 15) is 28.8 Å². The maximum absolute atomic E-state index is 12.7. The fraction of sp³-hybridized carbons (Fsp3) is 0.692. The average molecular weight is 633 g/mol. The van der Waals surface area contributed by atoms with E-state index < -0.39 is 78.6 Å². The van der Waals surface area contributed by atoms with Crippen LogP contribution in [0.25, 0.3) is 0 Å². The van der Waals surface area contributed by atoms with E-state index in [1.54, 1.807) is 20.8 Å². The Labute approximate surface area is 253 Å². The normalized spacial score (nSPS) is 21.7. The number of carbonyl (C=O) groups is 6. The van der Waals surface area contributed by atoms with Crippen molar-refractivity contribution in [2.45, 2.75) is 97.7 Å². The molecular weight excluding hydrogens is 596 g/mol. The van der Waals surface area contributed by atoms with Gasteiger partial charge in [0.15, 0.2) is 24.5 Å². The summed E-state index contributed by atoms with van der Waals surface area (Å²) in [4.78, 5) is 74.0. The molecule has 240 valence electrons. The van der Waals surface area contributed by atoms with Gasteiger partial charge in [0.25, 0.3) is 0 Å². The van der Waals surface area contributed by atoms with Gasteiger partial charge < -0.3 is 33.3 Å². The molecule has 1 aromatic heterocycles. The summed E-state index contributed by atoms with van der Waals surface area (Å²) >= 11 is 5.75. The smallest absolute Gasteiger partial charge is 0.326 e. The molecule has 0 N–H and O–H groups in total. The Morgan fingerprint density at radius 2 is 1.51 bits per heavy atom. The summed E-state index contributed by atoms with van der Waals surface area (Å²) in [7, 11) is 0. The average Bonchev–Trinajstić information content (AvgIpc) is 3.31. The van der Waals surface area contributed by atoms with Crippen molar-refractivity contribution in [2.24, 2.45) is 0 Å². The molecule has 0 aromatic carbocycles. The number of amides is 1. The molecule has 0 unspecified atom stereocenters. The molecule has 2 heterocycles. The molecular formula is C26H37ClN4O12. The number of alkyl halides is 1. The van der Waals surface area contributed by atoms with Gasteiger partial charge in [0.1, 0.15) is 30.6 Å². The van der Waals surface area contributed by atoms with E-state index in [1.807, 2.05) is 0 Å². The molecule has 16 nitrogen and oxygen atoms in total. The van der Waals surface area contributed by atoms with Gasteiger partial charge in [-0.25, -0.2) is 4.68 Å². The molecule has 0 aliphatic carbocycles. The van der Waals surface area contributed by atoms with Gasteiger partial charge in [-0.05, 0) is 20.8 Å². The minimum absolute atomic E-state index is 0.0150. The second-order valence-electron chi connectivity index (χ2n) is 10.6. The first-order valence-electron chi connectivity index (χ1n) is 13.3. The lowest BCUT2D eigenvalue weighted by molar-refractivity contribution is -0.270. The molecule has 0 saturated carbocycles. The summed E-state index contributed by atoms with van der Waals surface area (Å²) in [5.41, 5.74) is -0.587. The summed E-state index contributed by atoms with van der Waals surface area (Å²) in [5.74, 6) is -4.09. The van der Waals surface area contributed by atoms with Crippen molar-refractivity contribution in [1.82, 2.24) is 19.9 Å². The van der Waals surface area contributed by atoms with Crippen LogP contribution in [-0.4, -0.2) is 105 Å². The molecule has 17 heteroatoms. The van der Waals surface area contributed by atoms with Crippen LogP contribution in [0.3, 0.4) is 0 Å². The Morgan fingerprint density at radius 1 is 0.930 bits per heavy atom. The highest BCUT2D eigenvalue weighted by Gasteiger charge is 2.53. The van der Waals surface area contributed by atoms with Crippen LogP contribution in [0.5, 0.6) is 0 Å². The number of ether oxygens (including phenoxy) is 6. The Hall–Kier alpha value is -3.79. The first kappa shape index (κ1) is 35.4. The van der Waals surface area contributed by atoms with Crippen LogP contribution in [0.4, 0.5) is 0 Å². The van der Waals surface area contributed by atoms with E-state index in [0.29, 0.717) is 0 Å². The van der Waals surface area contributed by atoms with Gasteiger partial charge in [0, 0.05) is 40.0 Å². The molecule has 1 amide bonds. The SMILES string of the molecule is CC(=O)OC[C@H]1O[C@@H](n2cc(CN(CC(=O)OC(C)(C)C)C(=O)CCCl)nn2)[C@H](OC(C)=O)[C@@H](OC(C)=O)[C@@H]1OC(C)=O. The lowest BCUT2D eigenvalue weighted by atomic mass is 9.97. The third-order valence-corrected chi connectivity index (χ3v) is 5.73. The minimum atomic E-state index is -1.41. The fourth-order valence-electron chi connectivity index (χ4n) is 4.13. The van der Waals surface area contributed by atoms with Gasteiger partial charge in [-0.3, -0.25) is 28.8 Å². The first-order chi connectivity index (χ1) is 20.0. The van der Waals surface area contributed by atoms with Crippen LogP contribution in [0.2, 0.25) is 0 Å². The van der Waals surface area contributed by atoms with Gasteiger partial charge >= 0.3 is 29.8 Å². The van der Waals surface area contributed by atoms with E-state index in [0.717, 1.165) is 32.4 Å². The quantitative estimate of drug-likeness (QED) is 0.179. The van der Waals surface area contributed by atoms with Crippen LogP contribution < -0.4 is 0 Å². The van der Waals surface area contributed by atoms with Gasteiger partial charge in [0.05, 0.1) is 12.7 Å². The maximum atomic E-state index is 12.7. The van der Waals surface area contributed by atoms with E-state index >= 15 is 0 Å². The molecule has 2 rings (SSSR count). The number of aromatic nitrogens is 3. The molecule has 5 atom stereocenters. The summed E-state index contributed by atoms with van der Waals surface area (Å²) in [6.07, 6.45) is -5.40. The van der Waals surface area contributed by atoms with Crippen molar-refractivity contribution < 1.29 is 57.2 Å². The summed E-state index contributed by atoms with van der Waals surface area (Å²) in [6.45, 7) is 8.55. The van der Waals surface area contributed by atoms with E-state index in [1.165, 1.54) is 11.1 Å². The minimum Gasteiger partial charge on any atom is -0.463 e. The lowest BCUT2D eigenvalue weighted by Crippen LogP contribution is -2.60. The van der Waals surface area contributed by atoms with Crippen molar-refractivity contribution in [2.75, 3.05) is 19.0 Å². The zero-order valence-electron chi connectivity index (χ0n) is 25.1. The van der Waals surface area contributed by atoms with E-state index in [4.69, 9.17) is 40.0 Å². The summed E-state index contributed by atoms with van der Waals surface area (Å²) in [6, 6.07) is 0. The number of nitrogens with zero attached hydrogens (tertiary/aromatic N) is 4. The topological polar surface area (TPSA) is 192 Å². The Kier molecular flexibility index (Phi) is 12.9. The summed E-state index contributed by atoms with van der Waals surface area (Å²) < 4.78 is 33.8. The number of rotatable bonds is 12. The highest BCUT2D eigenvalue weighted by Crippen LogP contribution is 2.34. The van der Waals surface area contributed by atoms with Crippen LogP contribution in [0, 0.1) is 0 Å². The van der Waals surface area contributed by atoms with E-state index in [-0.39, 0.29) is 31.1 Å². The summed E-state index contributed by atoms with van der Waals surface area (Å²) in [5, 5.41) is 8.09. The predicted octanol–water partition coefficient (Wildman–Crippen LogP) is 0.833. The van der Waals surface area contributed by atoms with Crippen LogP contribution >= 0.6 is 11.6 Å². The van der Waals surface area contributed by atoms with Gasteiger partial charge in [0.2, 0.25) is 5.91 Å².